The van der Waals surface area contributed by atoms with Gasteiger partial charge in [0.05, 0.1) is 0 Å². The topological polar surface area (TPSA) is 97.0 Å². The first-order valence-corrected chi connectivity index (χ1v) is 14.1. The minimum atomic E-state index is -0.906. The van der Waals surface area contributed by atoms with Crippen molar-refractivity contribution in [2.75, 3.05) is 25.0 Å². The number of para-hydroxylation sites is 1. The van der Waals surface area contributed by atoms with E-state index in [0.717, 1.165) is 22.3 Å². The highest BCUT2D eigenvalue weighted by Crippen LogP contribution is 2.44. The lowest BCUT2D eigenvalue weighted by Gasteiger charge is -2.37. The molecule has 41 heavy (non-hydrogen) atoms. The minimum Gasteiger partial charge on any atom is -0.449 e. The molecule has 0 saturated carbocycles. The second-order valence-electron chi connectivity index (χ2n) is 11.6. The highest BCUT2D eigenvalue weighted by atomic mass is 16.6. The smallest absolute Gasteiger partial charge is 0.410 e. The van der Waals surface area contributed by atoms with Gasteiger partial charge in [0.2, 0.25) is 5.91 Å². The number of alkyl carbamates (subject to hydrolysis) is 1. The molecule has 1 aliphatic carbocycles. The van der Waals surface area contributed by atoms with Crippen LogP contribution in [-0.2, 0) is 14.3 Å². The average molecular weight is 556 g/mol. The fourth-order valence-electron chi connectivity index (χ4n) is 5.68. The third kappa shape index (κ3) is 6.70. The van der Waals surface area contributed by atoms with Crippen LogP contribution in [0, 0.1) is 5.92 Å². The molecule has 1 heterocycles. The van der Waals surface area contributed by atoms with Crippen molar-refractivity contribution < 1.29 is 23.9 Å². The van der Waals surface area contributed by atoms with Crippen LogP contribution in [-0.4, -0.2) is 54.3 Å². The SMILES string of the molecule is CC(C)(C)OC(=O)N1CCCC(C(NC(=O)OCC2c3ccccc3-c3ccccc32)C(=O)Nc2ccccc2)C1. The Morgan fingerprint density at radius 2 is 1.51 bits per heavy atom. The summed E-state index contributed by atoms with van der Waals surface area (Å²) in [6.07, 6.45) is 0.251. The predicted molar refractivity (Wildman–Crippen MR) is 158 cm³/mol. The lowest BCUT2D eigenvalue weighted by molar-refractivity contribution is -0.119. The summed E-state index contributed by atoms with van der Waals surface area (Å²) in [4.78, 5) is 41.2. The van der Waals surface area contributed by atoms with E-state index < -0.39 is 23.8 Å². The molecule has 2 unspecified atom stereocenters. The Labute approximate surface area is 241 Å². The van der Waals surface area contributed by atoms with Crippen LogP contribution in [0.2, 0.25) is 0 Å². The van der Waals surface area contributed by atoms with E-state index in [0.29, 0.717) is 25.1 Å². The van der Waals surface area contributed by atoms with Crippen LogP contribution < -0.4 is 10.6 Å². The monoisotopic (exact) mass is 555 g/mol. The Balaban J connectivity index is 1.30. The lowest BCUT2D eigenvalue weighted by Crippen LogP contribution is -2.54. The standard InChI is InChI=1S/C33H37N3O5/c1-33(2,3)41-32(39)36-19-11-12-22(20-36)29(30(37)34-23-13-5-4-6-14-23)35-31(38)40-21-28-26-17-9-7-15-24(26)25-16-8-10-18-27(25)28/h4-10,13-18,22,28-29H,11-12,19-21H2,1-3H3,(H,34,37)(H,35,38). The zero-order valence-electron chi connectivity index (χ0n) is 23.8. The zero-order valence-corrected chi connectivity index (χ0v) is 23.8. The van der Waals surface area contributed by atoms with Gasteiger partial charge in [0.25, 0.3) is 0 Å². The molecular weight excluding hydrogens is 518 g/mol. The molecule has 0 spiro atoms. The van der Waals surface area contributed by atoms with Crippen molar-refractivity contribution in [2.45, 2.75) is 51.2 Å². The Bertz CT molecular complexity index is 1360. The third-order valence-electron chi connectivity index (χ3n) is 7.52. The second kappa shape index (κ2) is 12.0. The van der Waals surface area contributed by atoms with Crippen molar-refractivity contribution in [2.24, 2.45) is 5.92 Å². The van der Waals surface area contributed by atoms with Crippen LogP contribution in [0.1, 0.15) is 50.7 Å². The Morgan fingerprint density at radius 3 is 2.15 bits per heavy atom. The zero-order chi connectivity index (χ0) is 29.0. The molecule has 1 aliphatic heterocycles. The number of anilines is 1. The highest BCUT2D eigenvalue weighted by molar-refractivity contribution is 5.97. The summed E-state index contributed by atoms with van der Waals surface area (Å²) >= 11 is 0. The highest BCUT2D eigenvalue weighted by Gasteiger charge is 2.37. The van der Waals surface area contributed by atoms with Gasteiger partial charge in [-0.3, -0.25) is 4.79 Å². The number of nitrogens with one attached hydrogen (secondary N) is 2. The number of likely N-dealkylation sites (tertiary alicyclic amines) is 1. The van der Waals surface area contributed by atoms with Crippen LogP contribution in [0.3, 0.4) is 0 Å². The third-order valence-corrected chi connectivity index (χ3v) is 7.52. The van der Waals surface area contributed by atoms with E-state index in [9.17, 15) is 14.4 Å². The number of rotatable bonds is 6. The maximum Gasteiger partial charge on any atom is 0.410 e. The van der Waals surface area contributed by atoms with E-state index in [1.165, 1.54) is 0 Å². The van der Waals surface area contributed by atoms with Gasteiger partial charge in [0.15, 0.2) is 0 Å². The second-order valence-corrected chi connectivity index (χ2v) is 11.6. The minimum absolute atomic E-state index is 0.0953. The predicted octanol–water partition coefficient (Wildman–Crippen LogP) is 6.18. The molecule has 3 aromatic rings. The summed E-state index contributed by atoms with van der Waals surface area (Å²) in [5.74, 6) is -0.775. The maximum absolute atomic E-state index is 13.5. The van der Waals surface area contributed by atoms with Crippen molar-refractivity contribution >= 4 is 23.8 Å². The Kier molecular flexibility index (Phi) is 8.28. The number of nitrogens with zero attached hydrogens (tertiary/aromatic N) is 1. The van der Waals surface area contributed by atoms with Gasteiger partial charge in [-0.2, -0.15) is 0 Å². The molecule has 2 atom stereocenters. The van der Waals surface area contributed by atoms with Gasteiger partial charge in [0.1, 0.15) is 18.2 Å². The summed E-state index contributed by atoms with van der Waals surface area (Å²) in [5, 5.41) is 5.74. The van der Waals surface area contributed by atoms with Crippen molar-refractivity contribution in [1.29, 1.82) is 0 Å². The quantitative estimate of drug-likeness (QED) is 0.379. The van der Waals surface area contributed by atoms with Crippen molar-refractivity contribution in [1.82, 2.24) is 10.2 Å². The Morgan fingerprint density at radius 1 is 0.902 bits per heavy atom. The van der Waals surface area contributed by atoms with Crippen molar-refractivity contribution in [3.63, 3.8) is 0 Å². The number of hydrogen-bond acceptors (Lipinski definition) is 5. The van der Waals surface area contributed by atoms with Gasteiger partial charge in [0, 0.05) is 30.6 Å². The number of ether oxygens (including phenoxy) is 2. The summed E-state index contributed by atoms with van der Waals surface area (Å²) in [7, 11) is 0. The van der Waals surface area contributed by atoms with Crippen LogP contribution in [0.25, 0.3) is 11.1 Å². The number of fused-ring (bicyclic) bond motifs is 3. The van der Waals surface area contributed by atoms with Crippen LogP contribution in [0.4, 0.5) is 15.3 Å². The van der Waals surface area contributed by atoms with Gasteiger partial charge in [-0.15, -0.1) is 0 Å². The van der Waals surface area contributed by atoms with Crippen molar-refractivity contribution in [3.8, 4) is 11.1 Å². The molecule has 8 nitrogen and oxygen atoms in total. The van der Waals surface area contributed by atoms with Gasteiger partial charge in [-0.25, -0.2) is 9.59 Å². The summed E-state index contributed by atoms with van der Waals surface area (Å²) in [6.45, 7) is 6.42. The number of piperidine rings is 1. The van der Waals surface area contributed by atoms with E-state index in [-0.39, 0.29) is 30.9 Å². The largest absolute Gasteiger partial charge is 0.449 e. The number of hydrogen-bond donors (Lipinski definition) is 2. The maximum atomic E-state index is 13.5. The van der Waals surface area contributed by atoms with E-state index in [1.807, 2.05) is 63.2 Å². The number of benzene rings is 3. The van der Waals surface area contributed by atoms with Gasteiger partial charge in [-0.1, -0.05) is 66.7 Å². The molecule has 1 fully saturated rings. The molecule has 5 rings (SSSR count). The summed E-state index contributed by atoms with van der Waals surface area (Å²) in [6, 6.07) is 24.5. The molecule has 0 radical (unpaired) electrons. The first kappa shape index (κ1) is 28.2. The number of amides is 3. The summed E-state index contributed by atoms with van der Waals surface area (Å²) in [5.41, 5.74) is 4.49. The average Bonchev–Trinajstić information content (AvgIpc) is 3.28. The first-order chi connectivity index (χ1) is 19.7. The number of carbonyl (C=O) groups is 3. The van der Waals surface area contributed by atoms with Gasteiger partial charge >= 0.3 is 12.2 Å². The van der Waals surface area contributed by atoms with Crippen LogP contribution in [0.15, 0.2) is 78.9 Å². The summed E-state index contributed by atoms with van der Waals surface area (Å²) < 4.78 is 11.3. The fourth-order valence-corrected chi connectivity index (χ4v) is 5.68. The van der Waals surface area contributed by atoms with E-state index in [2.05, 4.69) is 34.9 Å². The molecular formula is C33H37N3O5. The Hall–Kier alpha value is -4.33. The lowest BCUT2D eigenvalue weighted by atomic mass is 9.90. The molecule has 3 amide bonds. The normalized spacial score (nSPS) is 17.1. The molecule has 214 valence electrons. The number of carbonyl (C=O) groups excluding carboxylic acids is 3. The first-order valence-electron chi connectivity index (χ1n) is 14.1. The molecule has 2 aliphatic rings. The molecule has 1 saturated heterocycles. The van der Waals surface area contributed by atoms with E-state index in [4.69, 9.17) is 9.47 Å². The molecule has 2 N–H and O–H groups in total. The van der Waals surface area contributed by atoms with Crippen molar-refractivity contribution in [3.05, 3.63) is 90.0 Å². The van der Waals surface area contributed by atoms with E-state index in [1.54, 1.807) is 17.0 Å². The molecule has 8 heteroatoms. The molecule has 0 aromatic heterocycles. The van der Waals surface area contributed by atoms with Gasteiger partial charge < -0.3 is 25.0 Å². The van der Waals surface area contributed by atoms with Crippen LogP contribution in [0.5, 0.6) is 0 Å². The van der Waals surface area contributed by atoms with E-state index >= 15 is 0 Å². The van der Waals surface area contributed by atoms with Crippen LogP contribution >= 0.6 is 0 Å². The molecule has 0 bridgehead atoms. The fraction of sp³-hybridized carbons (Fsp3) is 0.364. The van der Waals surface area contributed by atoms with Gasteiger partial charge in [-0.05, 0) is 68.0 Å². The molecule has 3 aromatic carbocycles.